The Morgan fingerprint density at radius 2 is 1.54 bits per heavy atom. The lowest BCUT2D eigenvalue weighted by Gasteiger charge is -2.01. The molecule has 0 N–H and O–H groups in total. The second-order valence-corrected chi connectivity index (χ2v) is 7.45. The normalized spacial score (nSPS) is 12.8. The van der Waals surface area contributed by atoms with Gasteiger partial charge in [0.05, 0.1) is 11.4 Å². The highest BCUT2D eigenvalue weighted by molar-refractivity contribution is 7.98. The number of hydrogen-bond donors (Lipinski definition) is 0. The zero-order chi connectivity index (χ0) is 17.7. The minimum atomic E-state index is 0.163. The van der Waals surface area contributed by atoms with E-state index in [0.29, 0.717) is 0 Å². The van der Waals surface area contributed by atoms with Crippen molar-refractivity contribution in [3.05, 3.63) is 77.1 Å². The van der Waals surface area contributed by atoms with Crippen molar-refractivity contribution in [2.75, 3.05) is 0 Å². The topological polar surface area (TPSA) is 26.9 Å². The molecular formula is C22H18N2OS. The van der Waals surface area contributed by atoms with E-state index in [4.69, 9.17) is 0 Å². The quantitative estimate of drug-likeness (QED) is 0.406. The van der Waals surface area contributed by atoms with Crippen LogP contribution in [0, 0.1) is 0 Å². The lowest BCUT2D eigenvalue weighted by atomic mass is 10.2. The highest BCUT2D eigenvalue weighted by atomic mass is 32.2. The maximum atomic E-state index is 11.4. The first-order valence-corrected chi connectivity index (χ1v) is 9.81. The molecule has 0 spiro atoms. The maximum Gasteiger partial charge on any atom is 0.259 e. The molecule has 128 valence electrons. The Kier molecular flexibility index (Phi) is 3.54. The van der Waals surface area contributed by atoms with Gasteiger partial charge in [-0.1, -0.05) is 36.4 Å². The van der Waals surface area contributed by atoms with Crippen LogP contribution in [0.2, 0.25) is 0 Å². The van der Waals surface area contributed by atoms with Gasteiger partial charge in [0.15, 0.2) is 0 Å². The van der Waals surface area contributed by atoms with Crippen LogP contribution in [-0.2, 0) is 12.4 Å². The van der Waals surface area contributed by atoms with Crippen LogP contribution < -0.4 is 5.56 Å². The van der Waals surface area contributed by atoms with Crippen molar-refractivity contribution in [1.82, 2.24) is 9.13 Å². The number of thioether (sulfide) groups is 1. The molecule has 0 saturated carbocycles. The van der Waals surface area contributed by atoms with Crippen molar-refractivity contribution >= 4 is 44.5 Å². The summed E-state index contributed by atoms with van der Waals surface area (Å²) in [5.41, 5.74) is 3.92. The molecule has 0 unspecified atom stereocenters. The minimum Gasteiger partial charge on any atom is -0.341 e. The van der Waals surface area contributed by atoms with Crippen LogP contribution in [-0.4, -0.2) is 9.13 Å². The maximum absolute atomic E-state index is 11.4. The second kappa shape index (κ2) is 5.92. The SMILES string of the molecule is CCn1c2ccccc2c2ccccc21.O=c1c2ccc3c(c2)SCn13. The molecule has 1 aliphatic heterocycles. The summed E-state index contributed by atoms with van der Waals surface area (Å²) in [6, 6.07) is 23.1. The first kappa shape index (κ1) is 15.5. The molecule has 4 heteroatoms. The number of rotatable bonds is 1. The molecule has 4 heterocycles. The molecule has 0 radical (unpaired) electrons. The lowest BCUT2D eigenvalue weighted by Crippen LogP contribution is -2.17. The van der Waals surface area contributed by atoms with Crippen molar-refractivity contribution in [1.29, 1.82) is 0 Å². The van der Waals surface area contributed by atoms with E-state index >= 15 is 0 Å². The molecule has 26 heavy (non-hydrogen) atoms. The van der Waals surface area contributed by atoms with Gasteiger partial charge in [-0.3, -0.25) is 9.36 Å². The van der Waals surface area contributed by atoms with Gasteiger partial charge >= 0.3 is 0 Å². The molecule has 0 amide bonds. The molecule has 0 aliphatic carbocycles. The van der Waals surface area contributed by atoms with Gasteiger partial charge in [-0.15, -0.1) is 11.8 Å². The third-order valence-corrected chi connectivity index (χ3v) is 6.11. The number of hydrogen-bond acceptors (Lipinski definition) is 2. The molecule has 3 nitrogen and oxygen atoms in total. The molecule has 3 aromatic carbocycles. The first-order valence-electron chi connectivity index (χ1n) is 8.82. The number of pyridine rings is 2. The number of fused-ring (bicyclic) bond motifs is 4. The van der Waals surface area contributed by atoms with E-state index in [0.717, 1.165) is 23.3 Å². The molecular weight excluding hydrogens is 340 g/mol. The number of benzene rings is 3. The summed E-state index contributed by atoms with van der Waals surface area (Å²) < 4.78 is 4.19. The smallest absolute Gasteiger partial charge is 0.259 e. The van der Waals surface area contributed by atoms with Gasteiger partial charge in [0.1, 0.15) is 0 Å². The standard InChI is InChI=1S/C14H13N.C8H5NOS/c1-2-15-13-9-5-3-7-11(13)12-8-4-6-10-14(12)15;10-8-5-1-2-6-7(3-5)11-4-9(6)8/h3-10H,2H2,1H3;1-3H,4H2. The Morgan fingerprint density at radius 3 is 2.15 bits per heavy atom. The Balaban J connectivity index is 0.000000121. The van der Waals surface area contributed by atoms with Gasteiger partial charge in [-0.25, -0.2) is 0 Å². The average molecular weight is 358 g/mol. The van der Waals surface area contributed by atoms with E-state index in [1.165, 1.54) is 26.7 Å². The summed E-state index contributed by atoms with van der Waals surface area (Å²) >= 11 is 1.74. The van der Waals surface area contributed by atoms with E-state index < -0.39 is 0 Å². The monoisotopic (exact) mass is 358 g/mol. The molecule has 7 rings (SSSR count). The van der Waals surface area contributed by atoms with Gasteiger partial charge in [-0.2, -0.15) is 0 Å². The van der Waals surface area contributed by atoms with E-state index in [1.54, 1.807) is 11.8 Å². The van der Waals surface area contributed by atoms with E-state index in [1.807, 2.05) is 22.8 Å². The zero-order valence-corrected chi connectivity index (χ0v) is 15.3. The Morgan fingerprint density at radius 1 is 0.885 bits per heavy atom. The summed E-state index contributed by atoms with van der Waals surface area (Å²) in [6.07, 6.45) is 0. The zero-order valence-electron chi connectivity index (χ0n) is 14.5. The van der Waals surface area contributed by atoms with Crippen molar-refractivity contribution in [3.8, 4) is 0 Å². The van der Waals surface area contributed by atoms with Crippen LogP contribution in [0.15, 0.2) is 76.4 Å². The molecule has 0 atom stereocenters. The summed E-state index contributed by atoms with van der Waals surface area (Å²) in [5, 5.41) is 3.55. The van der Waals surface area contributed by atoms with Crippen molar-refractivity contribution in [2.45, 2.75) is 24.2 Å². The molecule has 6 aromatic rings. The van der Waals surface area contributed by atoms with Crippen molar-refractivity contribution in [2.24, 2.45) is 0 Å². The van der Waals surface area contributed by atoms with Crippen LogP contribution in [0.25, 0.3) is 32.7 Å². The third-order valence-electron chi connectivity index (χ3n) is 5.09. The predicted octanol–water partition coefficient (Wildman–Crippen LogP) is 5.32. The number of para-hydroxylation sites is 2. The summed E-state index contributed by atoms with van der Waals surface area (Å²) in [5.74, 6) is 0.799. The summed E-state index contributed by atoms with van der Waals surface area (Å²) in [6.45, 7) is 3.22. The Bertz CT molecular complexity index is 1250. The largest absolute Gasteiger partial charge is 0.341 e. The van der Waals surface area contributed by atoms with Crippen LogP contribution in [0.3, 0.4) is 0 Å². The van der Waals surface area contributed by atoms with Gasteiger partial charge < -0.3 is 4.57 Å². The van der Waals surface area contributed by atoms with Gasteiger partial charge in [0.2, 0.25) is 0 Å². The molecule has 0 saturated heterocycles. The number of aromatic nitrogens is 2. The Labute approximate surface area is 155 Å². The second-order valence-electron chi connectivity index (χ2n) is 6.47. The Hall–Kier alpha value is -2.72. The fourth-order valence-corrected chi connectivity index (χ4v) is 4.92. The molecule has 3 aromatic heterocycles. The van der Waals surface area contributed by atoms with Crippen LogP contribution in [0.4, 0.5) is 0 Å². The molecule has 1 aliphatic rings. The first-order chi connectivity index (χ1) is 12.8. The summed E-state index contributed by atoms with van der Waals surface area (Å²) in [7, 11) is 0. The number of nitrogens with zero attached hydrogens (tertiary/aromatic N) is 2. The molecule has 4 bridgehead atoms. The van der Waals surface area contributed by atoms with Crippen molar-refractivity contribution in [3.63, 3.8) is 0 Å². The van der Waals surface area contributed by atoms with Crippen LogP contribution >= 0.6 is 11.8 Å². The van der Waals surface area contributed by atoms with E-state index in [2.05, 4.69) is 60.0 Å². The van der Waals surface area contributed by atoms with Crippen LogP contribution in [0.5, 0.6) is 0 Å². The highest BCUT2D eigenvalue weighted by Crippen LogP contribution is 2.33. The fraction of sp³-hybridized carbons (Fsp3) is 0.136. The highest BCUT2D eigenvalue weighted by Gasteiger charge is 2.17. The number of aryl methyl sites for hydroxylation is 1. The minimum absolute atomic E-state index is 0.163. The van der Waals surface area contributed by atoms with Gasteiger partial charge in [-0.05, 0) is 37.3 Å². The van der Waals surface area contributed by atoms with Crippen molar-refractivity contribution < 1.29 is 0 Å². The fourth-order valence-electron chi connectivity index (χ4n) is 3.86. The van der Waals surface area contributed by atoms with Crippen LogP contribution in [0.1, 0.15) is 6.92 Å². The van der Waals surface area contributed by atoms with Gasteiger partial charge in [0, 0.05) is 38.6 Å². The van der Waals surface area contributed by atoms with Gasteiger partial charge in [0.25, 0.3) is 5.56 Å². The van der Waals surface area contributed by atoms with E-state index in [-0.39, 0.29) is 5.56 Å². The van der Waals surface area contributed by atoms with E-state index in [9.17, 15) is 4.79 Å². The summed E-state index contributed by atoms with van der Waals surface area (Å²) in [4.78, 5) is 12.7. The average Bonchev–Trinajstić information content (AvgIpc) is 3.22. The third kappa shape index (κ3) is 2.19. The molecule has 0 fully saturated rings. The predicted molar refractivity (Wildman–Crippen MR) is 110 cm³/mol. The lowest BCUT2D eigenvalue weighted by molar-refractivity contribution is 0.827.